The molecular weight excluding hydrogens is 420 g/mol. The number of nitrogens with zero attached hydrogens (tertiary/aromatic N) is 2. The molecule has 0 aliphatic heterocycles. The van der Waals surface area contributed by atoms with Crippen LogP contribution < -0.4 is 10.6 Å². The summed E-state index contributed by atoms with van der Waals surface area (Å²) >= 11 is 0. The van der Waals surface area contributed by atoms with Crippen molar-refractivity contribution in [2.75, 3.05) is 11.9 Å². The molecule has 0 unspecified atom stereocenters. The maximum absolute atomic E-state index is 13.4. The lowest BCUT2D eigenvalue weighted by molar-refractivity contribution is -0.137. The van der Waals surface area contributed by atoms with Crippen molar-refractivity contribution < 1.29 is 18.9 Å². The summed E-state index contributed by atoms with van der Waals surface area (Å²) in [6, 6.07) is 8.32. The normalized spacial score (nSPS) is 14.7. The molecule has 2 N–H and O–H groups in total. The van der Waals surface area contributed by atoms with Gasteiger partial charge in [0.2, 0.25) is 17.7 Å². The van der Waals surface area contributed by atoms with Crippen LogP contribution in [0.5, 0.6) is 0 Å². The van der Waals surface area contributed by atoms with Crippen LogP contribution in [0.1, 0.15) is 48.6 Å². The number of carbonyl (C=O) groups is 3. The fourth-order valence-electron chi connectivity index (χ4n) is 3.99. The van der Waals surface area contributed by atoms with Crippen molar-refractivity contribution in [2.45, 2.75) is 51.6 Å². The summed E-state index contributed by atoms with van der Waals surface area (Å²) in [7, 11) is 0. The highest BCUT2D eigenvalue weighted by atomic mass is 16.5. The minimum absolute atomic E-state index is 0.108. The smallest absolute Gasteiger partial charge is 0.249 e. The molecule has 8 heteroatoms. The van der Waals surface area contributed by atoms with Gasteiger partial charge in [-0.05, 0) is 37.8 Å². The van der Waals surface area contributed by atoms with Crippen molar-refractivity contribution in [1.29, 1.82) is 0 Å². The van der Waals surface area contributed by atoms with Crippen LogP contribution in [-0.4, -0.2) is 40.4 Å². The summed E-state index contributed by atoms with van der Waals surface area (Å²) in [6.45, 7) is 7.51. The Morgan fingerprint density at radius 2 is 1.94 bits per heavy atom. The molecule has 3 rings (SSSR count). The van der Waals surface area contributed by atoms with Crippen molar-refractivity contribution in [3.8, 4) is 0 Å². The Kier molecular flexibility index (Phi) is 8.18. The molecule has 1 saturated carbocycles. The van der Waals surface area contributed by atoms with Crippen molar-refractivity contribution >= 4 is 23.5 Å². The molecule has 1 atom stereocenters. The minimum atomic E-state index is -0.844. The highest BCUT2D eigenvalue weighted by Gasteiger charge is 2.32. The second kappa shape index (κ2) is 11.3. The first kappa shape index (κ1) is 24.0. The quantitative estimate of drug-likeness (QED) is 0.449. The summed E-state index contributed by atoms with van der Waals surface area (Å²) in [4.78, 5) is 40.2. The summed E-state index contributed by atoms with van der Waals surface area (Å²) in [6.07, 6.45) is 7.87. The van der Waals surface area contributed by atoms with Gasteiger partial charge in [-0.1, -0.05) is 48.3 Å². The second-order valence-electron chi connectivity index (χ2n) is 8.17. The Hall–Kier alpha value is -3.68. The van der Waals surface area contributed by atoms with Crippen molar-refractivity contribution in [1.82, 2.24) is 15.4 Å². The van der Waals surface area contributed by atoms with Gasteiger partial charge >= 0.3 is 0 Å². The van der Waals surface area contributed by atoms with Crippen LogP contribution in [0.25, 0.3) is 0 Å². The molecular formula is C25H30N4O4. The Balaban J connectivity index is 1.83. The molecule has 1 aromatic carbocycles. The first-order valence-corrected chi connectivity index (χ1v) is 11.1. The van der Waals surface area contributed by atoms with Crippen LogP contribution in [0.15, 0.2) is 59.7 Å². The molecule has 0 bridgehead atoms. The van der Waals surface area contributed by atoms with Crippen LogP contribution >= 0.6 is 0 Å². The molecule has 174 valence electrons. The Morgan fingerprint density at radius 3 is 2.58 bits per heavy atom. The van der Waals surface area contributed by atoms with E-state index >= 15 is 0 Å². The molecule has 0 spiro atoms. The average molecular weight is 451 g/mol. The third-order valence-electron chi connectivity index (χ3n) is 5.61. The maximum Gasteiger partial charge on any atom is 0.249 e. The van der Waals surface area contributed by atoms with Gasteiger partial charge in [0, 0.05) is 30.8 Å². The van der Waals surface area contributed by atoms with Gasteiger partial charge in [-0.15, -0.1) is 6.58 Å². The SMILES string of the molecule is C=CCN(C(=O)/C=C/C(=O)Nc1cc(C)on1)[C@@H](C(=O)NC1CCCC1)c1ccccc1C. The molecule has 2 aromatic rings. The average Bonchev–Trinajstić information content (AvgIpc) is 3.44. The predicted molar refractivity (Wildman–Crippen MR) is 125 cm³/mol. The summed E-state index contributed by atoms with van der Waals surface area (Å²) in [5, 5.41) is 9.33. The van der Waals surface area contributed by atoms with E-state index in [4.69, 9.17) is 4.52 Å². The molecule has 1 heterocycles. The Morgan fingerprint density at radius 1 is 1.21 bits per heavy atom. The van der Waals surface area contributed by atoms with Gasteiger partial charge in [0.1, 0.15) is 11.8 Å². The van der Waals surface area contributed by atoms with E-state index < -0.39 is 17.9 Å². The number of hydrogen-bond acceptors (Lipinski definition) is 5. The monoisotopic (exact) mass is 450 g/mol. The van der Waals surface area contributed by atoms with E-state index in [9.17, 15) is 14.4 Å². The van der Waals surface area contributed by atoms with Gasteiger partial charge in [0.05, 0.1) is 0 Å². The van der Waals surface area contributed by atoms with Crippen LogP contribution in [0.3, 0.4) is 0 Å². The molecule has 1 aromatic heterocycles. The topological polar surface area (TPSA) is 105 Å². The van der Waals surface area contributed by atoms with Crippen LogP contribution in [0.4, 0.5) is 5.82 Å². The fourth-order valence-corrected chi connectivity index (χ4v) is 3.99. The molecule has 1 fully saturated rings. The van der Waals surface area contributed by atoms with E-state index in [0.29, 0.717) is 5.76 Å². The summed E-state index contributed by atoms with van der Waals surface area (Å²) < 4.78 is 4.91. The van der Waals surface area contributed by atoms with Gasteiger partial charge in [-0.2, -0.15) is 0 Å². The lowest BCUT2D eigenvalue weighted by Crippen LogP contribution is -2.46. The van der Waals surface area contributed by atoms with E-state index in [-0.39, 0.29) is 24.3 Å². The van der Waals surface area contributed by atoms with E-state index in [1.807, 2.05) is 31.2 Å². The van der Waals surface area contributed by atoms with Gasteiger partial charge in [0.15, 0.2) is 5.82 Å². The first-order chi connectivity index (χ1) is 15.9. The number of carbonyl (C=O) groups excluding carboxylic acids is 3. The molecule has 3 amide bonds. The molecule has 1 aliphatic carbocycles. The van der Waals surface area contributed by atoms with Crippen LogP contribution in [0.2, 0.25) is 0 Å². The van der Waals surface area contributed by atoms with Crippen LogP contribution in [-0.2, 0) is 14.4 Å². The largest absolute Gasteiger partial charge is 0.360 e. The number of aromatic nitrogens is 1. The highest BCUT2D eigenvalue weighted by molar-refractivity contribution is 6.03. The van der Waals surface area contributed by atoms with E-state index in [1.54, 1.807) is 19.1 Å². The third kappa shape index (κ3) is 6.41. The number of rotatable bonds is 9. The number of hydrogen-bond donors (Lipinski definition) is 2. The van der Waals surface area contributed by atoms with Crippen LogP contribution in [0, 0.1) is 13.8 Å². The van der Waals surface area contributed by atoms with Gasteiger partial charge in [-0.25, -0.2) is 0 Å². The molecule has 8 nitrogen and oxygen atoms in total. The molecule has 1 aliphatic rings. The Bertz CT molecular complexity index is 1040. The zero-order chi connectivity index (χ0) is 23.8. The van der Waals surface area contributed by atoms with Gasteiger partial charge in [-0.3, -0.25) is 14.4 Å². The molecule has 0 saturated heterocycles. The van der Waals surface area contributed by atoms with Crippen molar-refractivity contribution in [3.05, 3.63) is 72.0 Å². The number of benzene rings is 1. The van der Waals surface area contributed by atoms with E-state index in [1.165, 1.54) is 4.90 Å². The van der Waals surface area contributed by atoms with E-state index in [2.05, 4.69) is 22.4 Å². The number of anilines is 1. The summed E-state index contributed by atoms with van der Waals surface area (Å²) in [5.41, 5.74) is 1.63. The molecule has 0 radical (unpaired) electrons. The number of nitrogens with one attached hydrogen (secondary N) is 2. The molecule has 33 heavy (non-hydrogen) atoms. The fraction of sp³-hybridized carbons (Fsp3) is 0.360. The minimum Gasteiger partial charge on any atom is -0.360 e. The van der Waals surface area contributed by atoms with Crippen molar-refractivity contribution in [3.63, 3.8) is 0 Å². The second-order valence-corrected chi connectivity index (χ2v) is 8.17. The number of amides is 3. The van der Waals surface area contributed by atoms with Gasteiger partial charge < -0.3 is 20.1 Å². The summed E-state index contributed by atoms with van der Waals surface area (Å²) in [5.74, 6) is -0.431. The Labute approximate surface area is 193 Å². The highest BCUT2D eigenvalue weighted by Crippen LogP contribution is 2.26. The standard InChI is InChI=1S/C25H30N4O4/c1-4-15-29(23(31)14-13-22(30)27-21-16-18(3)33-28-21)24(20-12-8-5-9-17(20)2)25(32)26-19-10-6-7-11-19/h4-5,8-9,12-14,16,19,24H,1,6-7,10-11,15H2,2-3H3,(H,26,32)(H,27,28,30)/b14-13+/t24-/m1/s1. The lowest BCUT2D eigenvalue weighted by atomic mass is 9.98. The zero-order valence-corrected chi connectivity index (χ0v) is 19.0. The maximum atomic E-state index is 13.4. The lowest BCUT2D eigenvalue weighted by Gasteiger charge is -2.31. The predicted octanol–water partition coefficient (Wildman–Crippen LogP) is 3.60. The third-order valence-corrected chi connectivity index (χ3v) is 5.61. The number of aryl methyl sites for hydroxylation is 2. The van der Waals surface area contributed by atoms with Gasteiger partial charge in [0.25, 0.3) is 0 Å². The first-order valence-electron chi connectivity index (χ1n) is 11.1. The zero-order valence-electron chi connectivity index (χ0n) is 19.0. The van der Waals surface area contributed by atoms with Crippen molar-refractivity contribution in [2.24, 2.45) is 0 Å². The van der Waals surface area contributed by atoms with E-state index in [0.717, 1.165) is 49.0 Å².